The highest BCUT2D eigenvalue weighted by molar-refractivity contribution is 8.00. The Kier molecular flexibility index (Phi) is 11.1. The number of nitrogens with zero attached hydrogens (tertiary/aromatic N) is 1. The van der Waals surface area contributed by atoms with Crippen molar-refractivity contribution in [1.29, 1.82) is 0 Å². The highest BCUT2D eigenvalue weighted by Gasteiger charge is 2.17. The van der Waals surface area contributed by atoms with Crippen LogP contribution in [-0.4, -0.2) is 35.6 Å². The van der Waals surface area contributed by atoms with Crippen LogP contribution in [-0.2, 0) is 9.59 Å². The van der Waals surface area contributed by atoms with E-state index < -0.39 is 11.8 Å². The van der Waals surface area contributed by atoms with Crippen LogP contribution in [0.15, 0.2) is 113 Å². The largest absolute Gasteiger partial charge is 0.497 e. The van der Waals surface area contributed by atoms with Crippen LogP contribution < -0.4 is 20.7 Å². The number of aromatic nitrogens is 1. The summed E-state index contributed by atoms with van der Waals surface area (Å²) in [6.07, 6.45) is 1.44. The highest BCUT2D eigenvalue weighted by Crippen LogP contribution is 2.29. The third-order valence-corrected chi connectivity index (χ3v) is 8.84. The molecule has 1 heterocycles. The maximum atomic E-state index is 13.4. The second kappa shape index (κ2) is 15.6. The fourth-order valence-electron chi connectivity index (χ4n) is 4.12. The molecule has 0 spiro atoms. The summed E-state index contributed by atoms with van der Waals surface area (Å²) >= 11 is 15.3. The molecule has 5 rings (SSSR count). The van der Waals surface area contributed by atoms with Crippen molar-refractivity contribution in [2.75, 3.05) is 23.5 Å². The maximum Gasteiger partial charge on any atom is 0.272 e. The Morgan fingerprint density at radius 1 is 0.891 bits per heavy atom. The molecule has 0 unspecified atom stereocenters. The van der Waals surface area contributed by atoms with Gasteiger partial charge in [0.25, 0.3) is 11.8 Å². The van der Waals surface area contributed by atoms with E-state index in [4.69, 9.17) is 27.9 Å². The van der Waals surface area contributed by atoms with Crippen LogP contribution in [0.25, 0.3) is 17.3 Å². The molecule has 12 heteroatoms. The molecule has 0 radical (unpaired) electrons. The number of hydrogen-bond acceptors (Lipinski definition) is 7. The van der Waals surface area contributed by atoms with Gasteiger partial charge in [-0.1, -0.05) is 59.6 Å². The van der Waals surface area contributed by atoms with Crippen molar-refractivity contribution in [1.82, 2.24) is 10.3 Å². The lowest BCUT2D eigenvalue weighted by atomic mass is 10.1. The van der Waals surface area contributed by atoms with Crippen LogP contribution >= 0.6 is 46.3 Å². The first-order valence-corrected chi connectivity index (χ1v) is 16.4. The van der Waals surface area contributed by atoms with Gasteiger partial charge in [0.1, 0.15) is 11.4 Å². The number of thiazole rings is 1. The average molecular weight is 690 g/mol. The van der Waals surface area contributed by atoms with Gasteiger partial charge in [-0.05, 0) is 66.7 Å². The van der Waals surface area contributed by atoms with E-state index in [1.807, 2.05) is 29.6 Å². The smallest absolute Gasteiger partial charge is 0.272 e. The molecule has 46 heavy (non-hydrogen) atoms. The molecule has 0 atom stereocenters. The van der Waals surface area contributed by atoms with Gasteiger partial charge < -0.3 is 20.7 Å². The third-order valence-electron chi connectivity index (χ3n) is 6.42. The van der Waals surface area contributed by atoms with Crippen LogP contribution in [0, 0.1) is 0 Å². The van der Waals surface area contributed by atoms with Crippen molar-refractivity contribution >= 4 is 80.9 Å². The first kappa shape index (κ1) is 32.8. The number of amides is 3. The molecular formula is C34H26Cl2N4O4S2. The average Bonchev–Trinajstić information content (AvgIpc) is 3.54. The van der Waals surface area contributed by atoms with Gasteiger partial charge in [-0.2, -0.15) is 0 Å². The zero-order chi connectivity index (χ0) is 32.5. The summed E-state index contributed by atoms with van der Waals surface area (Å²) in [5.74, 6) is -0.347. The van der Waals surface area contributed by atoms with Crippen molar-refractivity contribution in [3.8, 4) is 17.0 Å². The summed E-state index contributed by atoms with van der Waals surface area (Å²) in [7, 11) is 1.61. The number of hydrogen-bond donors (Lipinski definition) is 3. The van der Waals surface area contributed by atoms with Crippen molar-refractivity contribution < 1.29 is 19.1 Å². The summed E-state index contributed by atoms with van der Waals surface area (Å²) in [5.41, 5.74) is 2.85. The predicted molar refractivity (Wildman–Crippen MR) is 187 cm³/mol. The minimum Gasteiger partial charge on any atom is -0.497 e. The number of carbonyl (C=O) groups excluding carboxylic acids is 3. The molecule has 4 aromatic carbocycles. The minimum atomic E-state index is -0.572. The van der Waals surface area contributed by atoms with Gasteiger partial charge in [-0.25, -0.2) is 4.98 Å². The van der Waals surface area contributed by atoms with Crippen molar-refractivity contribution in [2.24, 2.45) is 0 Å². The molecule has 0 bridgehead atoms. The second-order valence-electron chi connectivity index (χ2n) is 9.60. The molecule has 3 amide bonds. The molecule has 1 aromatic heterocycles. The van der Waals surface area contributed by atoms with E-state index in [9.17, 15) is 14.4 Å². The monoisotopic (exact) mass is 688 g/mol. The van der Waals surface area contributed by atoms with E-state index in [0.717, 1.165) is 21.9 Å². The van der Waals surface area contributed by atoms with Gasteiger partial charge in [0.15, 0.2) is 5.13 Å². The first-order valence-electron chi connectivity index (χ1n) is 13.7. The third kappa shape index (κ3) is 8.76. The Bertz CT molecular complexity index is 1880. The number of nitrogens with one attached hydrogen (secondary N) is 3. The summed E-state index contributed by atoms with van der Waals surface area (Å²) in [5, 5.41) is 11.3. The van der Waals surface area contributed by atoms with Gasteiger partial charge in [-0.15, -0.1) is 23.1 Å². The van der Waals surface area contributed by atoms with Crippen LogP contribution in [0.3, 0.4) is 0 Å². The SMILES string of the molecule is COc1cccc(-c2csc(NC(=O)CSc3ccc(NC(=O)/C(=C/c4c(Cl)cccc4Cl)NC(=O)c4ccccc4)cc3)n2)c1. The summed E-state index contributed by atoms with van der Waals surface area (Å²) < 4.78 is 5.27. The normalized spacial score (nSPS) is 11.1. The molecule has 0 aliphatic rings. The number of halogens is 2. The van der Waals surface area contributed by atoms with Crippen molar-refractivity contribution in [3.05, 3.63) is 129 Å². The summed E-state index contributed by atoms with van der Waals surface area (Å²) in [6.45, 7) is 0. The summed E-state index contributed by atoms with van der Waals surface area (Å²) in [6, 6.07) is 28.0. The Morgan fingerprint density at radius 3 is 2.33 bits per heavy atom. The molecule has 0 saturated carbocycles. The fraction of sp³-hybridized carbons (Fsp3) is 0.0588. The molecular weight excluding hydrogens is 663 g/mol. The van der Waals surface area contributed by atoms with E-state index in [-0.39, 0.29) is 17.4 Å². The number of methoxy groups -OCH3 is 1. The number of benzene rings is 4. The fourth-order valence-corrected chi connectivity index (χ4v) is 6.06. The van der Waals surface area contributed by atoms with Crippen LogP contribution in [0.5, 0.6) is 5.75 Å². The molecule has 5 aromatic rings. The predicted octanol–water partition coefficient (Wildman–Crippen LogP) is 8.27. The van der Waals surface area contributed by atoms with E-state index >= 15 is 0 Å². The Balaban J connectivity index is 1.20. The van der Waals surface area contributed by atoms with E-state index in [1.54, 1.807) is 79.9 Å². The highest BCUT2D eigenvalue weighted by atomic mass is 35.5. The lowest BCUT2D eigenvalue weighted by molar-refractivity contribution is -0.114. The zero-order valence-electron chi connectivity index (χ0n) is 24.3. The summed E-state index contributed by atoms with van der Waals surface area (Å²) in [4.78, 5) is 44.2. The van der Waals surface area contributed by atoms with E-state index in [0.29, 0.717) is 32.0 Å². The number of rotatable bonds is 11. The molecule has 0 aliphatic carbocycles. The Hall–Kier alpha value is -4.61. The number of anilines is 2. The molecule has 8 nitrogen and oxygen atoms in total. The van der Waals surface area contributed by atoms with Gasteiger partial charge in [0, 0.05) is 42.7 Å². The zero-order valence-corrected chi connectivity index (χ0v) is 27.4. The molecule has 3 N–H and O–H groups in total. The Morgan fingerprint density at radius 2 is 1.61 bits per heavy atom. The van der Waals surface area contributed by atoms with E-state index in [2.05, 4.69) is 20.9 Å². The number of carbonyl (C=O) groups is 3. The minimum absolute atomic E-state index is 0.0456. The van der Waals surface area contributed by atoms with Gasteiger partial charge >= 0.3 is 0 Å². The van der Waals surface area contributed by atoms with Crippen LogP contribution in [0.4, 0.5) is 10.8 Å². The molecule has 0 saturated heterocycles. The number of ether oxygens (including phenoxy) is 1. The lowest BCUT2D eigenvalue weighted by Crippen LogP contribution is -2.30. The first-order chi connectivity index (χ1) is 22.3. The Labute approximate surface area is 283 Å². The van der Waals surface area contributed by atoms with Gasteiger partial charge in [0.05, 0.1) is 18.6 Å². The molecule has 0 aliphatic heterocycles. The van der Waals surface area contributed by atoms with Crippen LogP contribution in [0.2, 0.25) is 10.0 Å². The quantitative estimate of drug-likeness (QED) is 0.0952. The van der Waals surface area contributed by atoms with Crippen LogP contribution in [0.1, 0.15) is 15.9 Å². The standard InChI is InChI=1S/C34H26Cl2N4O4S2/c1-44-24-10-5-9-22(17-24)30-19-46-34(39-30)40-31(41)20-45-25-15-13-23(14-16-25)37-33(43)29(18-26-27(35)11-6-12-28(26)36)38-32(42)21-7-3-2-4-8-21/h2-19H,20H2,1H3,(H,37,43)(H,38,42)(H,39,40,41)/b29-18-. The van der Waals surface area contributed by atoms with Gasteiger partial charge in [0.2, 0.25) is 5.91 Å². The van der Waals surface area contributed by atoms with Crippen molar-refractivity contribution in [2.45, 2.75) is 4.90 Å². The molecule has 232 valence electrons. The molecule has 0 fully saturated rings. The lowest BCUT2D eigenvalue weighted by Gasteiger charge is -2.13. The van der Waals surface area contributed by atoms with Gasteiger partial charge in [-0.3, -0.25) is 14.4 Å². The second-order valence-corrected chi connectivity index (χ2v) is 12.3. The topological polar surface area (TPSA) is 109 Å². The van der Waals surface area contributed by atoms with Crippen molar-refractivity contribution in [3.63, 3.8) is 0 Å². The number of thioether (sulfide) groups is 1. The maximum absolute atomic E-state index is 13.4. The van der Waals surface area contributed by atoms with E-state index in [1.165, 1.54) is 29.2 Å².